The molecule has 0 radical (unpaired) electrons. The van der Waals surface area contributed by atoms with E-state index in [-0.39, 0.29) is 5.91 Å². The molecular weight excluding hydrogens is 260 g/mol. The first kappa shape index (κ1) is 12.0. The van der Waals surface area contributed by atoms with Gasteiger partial charge in [-0.15, -0.1) is 11.3 Å². The SMILES string of the molecule is CC1(C)C(=O)N(c2nc(C=O)cs2)c2ccccc21. The highest BCUT2D eigenvalue weighted by molar-refractivity contribution is 7.14. The first-order chi connectivity index (χ1) is 9.05. The second-order valence-electron chi connectivity index (χ2n) is 4.96. The molecule has 5 heteroatoms. The molecule has 1 aromatic heterocycles. The third kappa shape index (κ3) is 1.62. The van der Waals surface area contributed by atoms with Crippen molar-refractivity contribution >= 4 is 34.3 Å². The van der Waals surface area contributed by atoms with Crippen molar-refractivity contribution in [1.82, 2.24) is 4.98 Å². The lowest BCUT2D eigenvalue weighted by Crippen LogP contribution is -2.33. The molecule has 2 aromatic rings. The summed E-state index contributed by atoms with van der Waals surface area (Å²) in [6.45, 7) is 3.81. The predicted octanol–water partition coefficient (Wildman–Crippen LogP) is 2.91. The molecule has 1 aliphatic rings. The largest absolute Gasteiger partial charge is 0.296 e. The Morgan fingerprint density at radius 3 is 2.74 bits per heavy atom. The number of amides is 1. The molecule has 2 heterocycles. The number of hydrogen-bond acceptors (Lipinski definition) is 4. The summed E-state index contributed by atoms with van der Waals surface area (Å²) < 4.78 is 0. The fourth-order valence-corrected chi connectivity index (χ4v) is 3.10. The van der Waals surface area contributed by atoms with Crippen LogP contribution in [0.15, 0.2) is 29.6 Å². The molecule has 4 nitrogen and oxygen atoms in total. The van der Waals surface area contributed by atoms with Crippen LogP contribution in [0.3, 0.4) is 0 Å². The van der Waals surface area contributed by atoms with Gasteiger partial charge in [0.1, 0.15) is 5.69 Å². The lowest BCUT2D eigenvalue weighted by molar-refractivity contribution is -0.121. The molecule has 0 saturated carbocycles. The van der Waals surface area contributed by atoms with Crippen LogP contribution in [0.4, 0.5) is 10.8 Å². The molecule has 0 aliphatic carbocycles. The Balaban J connectivity index is 2.17. The first-order valence-electron chi connectivity index (χ1n) is 5.90. The Kier molecular flexibility index (Phi) is 2.53. The van der Waals surface area contributed by atoms with Gasteiger partial charge in [-0.25, -0.2) is 4.98 Å². The molecule has 0 atom stereocenters. The number of rotatable bonds is 2. The summed E-state index contributed by atoms with van der Waals surface area (Å²) >= 11 is 1.30. The number of aromatic nitrogens is 1. The van der Waals surface area contributed by atoms with Crippen LogP contribution in [0.5, 0.6) is 0 Å². The van der Waals surface area contributed by atoms with Crippen molar-refractivity contribution in [3.05, 3.63) is 40.9 Å². The van der Waals surface area contributed by atoms with Crippen molar-refractivity contribution in [2.24, 2.45) is 0 Å². The van der Waals surface area contributed by atoms with Gasteiger partial charge in [0.25, 0.3) is 0 Å². The van der Waals surface area contributed by atoms with Gasteiger partial charge >= 0.3 is 0 Å². The average molecular weight is 272 g/mol. The monoisotopic (exact) mass is 272 g/mol. The zero-order valence-electron chi connectivity index (χ0n) is 10.6. The number of hydrogen-bond donors (Lipinski definition) is 0. The number of benzene rings is 1. The van der Waals surface area contributed by atoms with E-state index in [9.17, 15) is 9.59 Å². The molecule has 1 amide bonds. The normalized spacial score (nSPS) is 16.5. The van der Waals surface area contributed by atoms with Crippen molar-refractivity contribution in [3.8, 4) is 0 Å². The molecule has 96 valence electrons. The van der Waals surface area contributed by atoms with Crippen LogP contribution in [-0.2, 0) is 10.2 Å². The number of nitrogens with zero attached hydrogens (tertiary/aromatic N) is 2. The maximum Gasteiger partial charge on any atom is 0.243 e. The Labute approximate surface area is 114 Å². The van der Waals surface area contributed by atoms with E-state index in [2.05, 4.69) is 4.98 Å². The van der Waals surface area contributed by atoms with Crippen LogP contribution in [0, 0.1) is 0 Å². The molecule has 0 fully saturated rings. The molecule has 0 saturated heterocycles. The Morgan fingerprint density at radius 1 is 1.32 bits per heavy atom. The van der Waals surface area contributed by atoms with Crippen LogP contribution in [-0.4, -0.2) is 17.2 Å². The number of aldehydes is 1. The van der Waals surface area contributed by atoms with Gasteiger partial charge in [0.15, 0.2) is 11.4 Å². The average Bonchev–Trinajstić information content (AvgIpc) is 2.94. The van der Waals surface area contributed by atoms with E-state index in [1.165, 1.54) is 11.3 Å². The summed E-state index contributed by atoms with van der Waals surface area (Å²) in [6.07, 6.45) is 0.692. The summed E-state index contributed by atoms with van der Waals surface area (Å²) in [5.74, 6) is -0.0134. The van der Waals surface area contributed by atoms with Gasteiger partial charge in [-0.3, -0.25) is 14.5 Å². The first-order valence-corrected chi connectivity index (χ1v) is 6.78. The number of fused-ring (bicyclic) bond motifs is 1. The van der Waals surface area contributed by atoms with E-state index in [4.69, 9.17) is 0 Å². The summed E-state index contributed by atoms with van der Waals surface area (Å²) in [5, 5.41) is 2.20. The van der Waals surface area contributed by atoms with Crippen LogP contribution < -0.4 is 4.90 Å². The minimum Gasteiger partial charge on any atom is -0.296 e. The van der Waals surface area contributed by atoms with E-state index in [0.717, 1.165) is 11.3 Å². The standard InChI is InChI=1S/C14H12N2O2S/c1-14(2)10-5-3-4-6-11(10)16(12(14)18)13-15-9(7-17)8-19-13/h3-8H,1-2H3. The number of carbonyl (C=O) groups excluding carboxylic acids is 2. The summed E-state index contributed by atoms with van der Waals surface area (Å²) in [7, 11) is 0. The van der Waals surface area contributed by atoms with Gasteiger partial charge < -0.3 is 0 Å². The molecule has 3 rings (SSSR count). The third-order valence-electron chi connectivity index (χ3n) is 3.38. The van der Waals surface area contributed by atoms with E-state index in [0.29, 0.717) is 17.1 Å². The summed E-state index contributed by atoms with van der Waals surface area (Å²) in [6, 6.07) is 7.69. The van der Waals surface area contributed by atoms with E-state index >= 15 is 0 Å². The molecule has 0 spiro atoms. The lowest BCUT2D eigenvalue weighted by atomic mass is 9.86. The third-order valence-corrected chi connectivity index (χ3v) is 4.22. The van der Waals surface area contributed by atoms with Crippen molar-refractivity contribution in [1.29, 1.82) is 0 Å². The van der Waals surface area contributed by atoms with Crippen LogP contribution in [0.1, 0.15) is 29.9 Å². The number of para-hydroxylation sites is 1. The summed E-state index contributed by atoms with van der Waals surface area (Å²) in [4.78, 5) is 29.1. The minimum absolute atomic E-state index is 0.0134. The smallest absolute Gasteiger partial charge is 0.243 e. The zero-order chi connectivity index (χ0) is 13.6. The van der Waals surface area contributed by atoms with Gasteiger partial charge in [0, 0.05) is 5.38 Å². The van der Waals surface area contributed by atoms with Gasteiger partial charge in [-0.2, -0.15) is 0 Å². The lowest BCUT2D eigenvalue weighted by Gasteiger charge is -2.17. The molecule has 0 unspecified atom stereocenters. The molecule has 1 aromatic carbocycles. The second-order valence-corrected chi connectivity index (χ2v) is 5.79. The maximum atomic E-state index is 12.6. The Morgan fingerprint density at radius 2 is 2.05 bits per heavy atom. The van der Waals surface area contributed by atoms with Gasteiger partial charge in [-0.1, -0.05) is 18.2 Å². The quantitative estimate of drug-likeness (QED) is 0.790. The summed E-state index contributed by atoms with van der Waals surface area (Å²) in [5.41, 5.74) is 1.63. The highest BCUT2D eigenvalue weighted by atomic mass is 32.1. The highest BCUT2D eigenvalue weighted by Gasteiger charge is 2.45. The molecule has 19 heavy (non-hydrogen) atoms. The van der Waals surface area contributed by atoms with E-state index in [1.807, 2.05) is 38.1 Å². The van der Waals surface area contributed by atoms with Crippen molar-refractivity contribution in [2.75, 3.05) is 4.90 Å². The molecule has 1 aliphatic heterocycles. The van der Waals surface area contributed by atoms with Gasteiger partial charge in [0.2, 0.25) is 5.91 Å². The fourth-order valence-electron chi connectivity index (χ4n) is 2.32. The Bertz CT molecular complexity index is 676. The fraction of sp³-hybridized carbons (Fsp3) is 0.214. The molecule has 0 N–H and O–H groups in total. The second kappa shape index (κ2) is 3.99. The molecular formula is C14H12N2O2S. The van der Waals surface area contributed by atoms with E-state index in [1.54, 1.807) is 10.3 Å². The molecule has 0 bridgehead atoms. The van der Waals surface area contributed by atoms with Crippen LogP contribution in [0.2, 0.25) is 0 Å². The highest BCUT2D eigenvalue weighted by Crippen LogP contribution is 2.45. The predicted molar refractivity (Wildman–Crippen MR) is 74.1 cm³/mol. The van der Waals surface area contributed by atoms with Crippen LogP contribution in [0.25, 0.3) is 0 Å². The van der Waals surface area contributed by atoms with Crippen LogP contribution >= 0.6 is 11.3 Å². The van der Waals surface area contributed by atoms with Crippen molar-refractivity contribution < 1.29 is 9.59 Å². The van der Waals surface area contributed by atoms with Gasteiger partial charge in [-0.05, 0) is 25.5 Å². The number of anilines is 2. The number of carbonyl (C=O) groups is 2. The maximum absolute atomic E-state index is 12.6. The Hall–Kier alpha value is -2.01. The zero-order valence-corrected chi connectivity index (χ0v) is 11.4. The number of thiazole rings is 1. The van der Waals surface area contributed by atoms with Gasteiger partial charge in [0.05, 0.1) is 11.1 Å². The topological polar surface area (TPSA) is 50.3 Å². The van der Waals surface area contributed by atoms with E-state index < -0.39 is 5.41 Å². The van der Waals surface area contributed by atoms with Crippen molar-refractivity contribution in [3.63, 3.8) is 0 Å². The van der Waals surface area contributed by atoms with Crippen molar-refractivity contribution in [2.45, 2.75) is 19.3 Å². The minimum atomic E-state index is -0.566.